The number of piperazine rings is 1. The minimum atomic E-state index is -0.610. The molecule has 0 bridgehead atoms. The lowest BCUT2D eigenvalue weighted by molar-refractivity contribution is -0.135. The summed E-state index contributed by atoms with van der Waals surface area (Å²) in [5.74, 6) is -0.257. The van der Waals surface area contributed by atoms with Crippen LogP contribution in [0.5, 0.6) is 0 Å². The summed E-state index contributed by atoms with van der Waals surface area (Å²) >= 11 is 1.73. The molecule has 2 heterocycles. The fourth-order valence-corrected chi connectivity index (χ4v) is 5.42. The fourth-order valence-electron chi connectivity index (χ4n) is 4.41. The lowest BCUT2D eigenvalue weighted by Gasteiger charge is -2.36. The zero-order valence-electron chi connectivity index (χ0n) is 19.5. The van der Waals surface area contributed by atoms with Crippen LogP contribution in [0.4, 0.5) is 0 Å². The molecule has 0 saturated carbocycles. The Bertz CT molecular complexity index is 1250. The lowest BCUT2D eigenvalue weighted by Crippen LogP contribution is -2.55. The van der Waals surface area contributed by atoms with Gasteiger partial charge in [-0.25, -0.2) is 4.98 Å². The quantitative estimate of drug-likeness (QED) is 0.431. The molecule has 0 radical (unpaired) electrons. The van der Waals surface area contributed by atoms with Crippen molar-refractivity contribution in [2.45, 2.75) is 19.0 Å². The van der Waals surface area contributed by atoms with Crippen molar-refractivity contribution in [2.75, 3.05) is 26.2 Å². The number of rotatable bonds is 7. The molecular weight excluding hydrogens is 456 g/mol. The number of nitrogens with one attached hydrogen (secondary N) is 1. The van der Waals surface area contributed by atoms with Crippen LogP contribution in [0, 0.1) is 0 Å². The van der Waals surface area contributed by atoms with Crippen LogP contribution in [0.25, 0.3) is 10.2 Å². The SMILES string of the molecule is O=C(NC(Cc1ccccc1)C(=O)N1CCN(Cc2nc3ccccc3s2)CC1)c1ccccc1. The van der Waals surface area contributed by atoms with Gasteiger partial charge in [0, 0.05) is 38.2 Å². The maximum atomic E-state index is 13.5. The molecule has 1 aliphatic heterocycles. The smallest absolute Gasteiger partial charge is 0.251 e. The summed E-state index contributed by atoms with van der Waals surface area (Å²) in [6.45, 7) is 3.63. The summed E-state index contributed by atoms with van der Waals surface area (Å²) < 4.78 is 1.20. The largest absolute Gasteiger partial charge is 0.340 e. The van der Waals surface area contributed by atoms with Crippen molar-refractivity contribution in [3.63, 3.8) is 0 Å². The molecule has 1 unspecified atom stereocenters. The summed E-state index contributed by atoms with van der Waals surface area (Å²) in [7, 11) is 0. The average molecular weight is 485 g/mol. The van der Waals surface area contributed by atoms with Crippen LogP contribution in [0.2, 0.25) is 0 Å². The van der Waals surface area contributed by atoms with E-state index in [0.717, 1.165) is 35.7 Å². The number of amides is 2. The van der Waals surface area contributed by atoms with E-state index >= 15 is 0 Å². The van der Waals surface area contributed by atoms with Crippen LogP contribution in [0.15, 0.2) is 84.9 Å². The van der Waals surface area contributed by atoms with E-state index in [1.165, 1.54) is 4.70 Å². The number of carbonyl (C=O) groups excluding carboxylic acids is 2. The van der Waals surface area contributed by atoms with Gasteiger partial charge in [0.15, 0.2) is 0 Å². The summed E-state index contributed by atoms with van der Waals surface area (Å²) in [4.78, 5) is 35.4. The Kier molecular flexibility index (Phi) is 7.16. The fraction of sp³-hybridized carbons (Fsp3) is 0.250. The van der Waals surface area contributed by atoms with Crippen LogP contribution in [0.1, 0.15) is 20.9 Å². The second-order valence-corrected chi connectivity index (χ2v) is 9.87. The van der Waals surface area contributed by atoms with Crippen LogP contribution < -0.4 is 5.32 Å². The van der Waals surface area contributed by atoms with E-state index in [4.69, 9.17) is 4.98 Å². The third kappa shape index (κ3) is 5.75. The molecule has 1 aliphatic rings. The van der Waals surface area contributed by atoms with E-state index < -0.39 is 6.04 Å². The number of para-hydroxylation sites is 1. The van der Waals surface area contributed by atoms with Crippen LogP contribution in [0.3, 0.4) is 0 Å². The van der Waals surface area contributed by atoms with Crippen molar-refractivity contribution in [3.05, 3.63) is 101 Å². The van der Waals surface area contributed by atoms with Gasteiger partial charge in [-0.15, -0.1) is 11.3 Å². The Labute approximate surface area is 209 Å². The highest BCUT2D eigenvalue weighted by molar-refractivity contribution is 7.18. The molecule has 35 heavy (non-hydrogen) atoms. The topological polar surface area (TPSA) is 65.5 Å². The number of hydrogen-bond acceptors (Lipinski definition) is 5. The Morgan fingerprint density at radius 1 is 0.857 bits per heavy atom. The molecule has 4 aromatic rings. The van der Waals surface area contributed by atoms with Crippen molar-refractivity contribution in [1.29, 1.82) is 0 Å². The van der Waals surface area contributed by atoms with Gasteiger partial charge < -0.3 is 10.2 Å². The molecule has 1 saturated heterocycles. The highest BCUT2D eigenvalue weighted by atomic mass is 32.1. The van der Waals surface area contributed by atoms with Crippen molar-refractivity contribution in [2.24, 2.45) is 0 Å². The van der Waals surface area contributed by atoms with Gasteiger partial charge in [0.2, 0.25) is 5.91 Å². The molecule has 1 aromatic heterocycles. The van der Waals surface area contributed by atoms with Gasteiger partial charge in [-0.2, -0.15) is 0 Å². The first-order valence-electron chi connectivity index (χ1n) is 11.9. The monoisotopic (exact) mass is 484 g/mol. The molecule has 3 aromatic carbocycles. The second-order valence-electron chi connectivity index (χ2n) is 8.76. The number of aromatic nitrogens is 1. The summed E-state index contributed by atoms with van der Waals surface area (Å²) in [5.41, 5.74) is 2.62. The second kappa shape index (κ2) is 10.8. The molecule has 6 nitrogen and oxygen atoms in total. The summed E-state index contributed by atoms with van der Waals surface area (Å²) in [6.07, 6.45) is 0.462. The van der Waals surface area contributed by atoms with Crippen LogP contribution in [-0.4, -0.2) is 58.8 Å². The highest BCUT2D eigenvalue weighted by Gasteiger charge is 2.29. The molecule has 1 fully saturated rings. The molecule has 178 valence electrons. The van der Waals surface area contributed by atoms with Gasteiger partial charge in [-0.1, -0.05) is 60.7 Å². The first kappa shape index (κ1) is 23.2. The Hall–Kier alpha value is -3.55. The summed E-state index contributed by atoms with van der Waals surface area (Å²) in [6, 6.07) is 26.5. The molecule has 5 rings (SSSR count). The Morgan fingerprint density at radius 2 is 1.51 bits per heavy atom. The standard InChI is InChI=1S/C28H28N4O2S/c33-27(22-11-5-2-6-12-22)30-24(19-21-9-3-1-4-10-21)28(34)32-17-15-31(16-18-32)20-26-29-23-13-7-8-14-25(23)35-26/h1-14,24H,15-20H2,(H,30,33). The predicted octanol–water partition coefficient (Wildman–Crippen LogP) is 3.98. The van der Waals surface area contributed by atoms with Gasteiger partial charge in [0.25, 0.3) is 5.91 Å². The number of thiazole rings is 1. The van der Waals surface area contributed by atoms with Gasteiger partial charge in [0.05, 0.1) is 16.8 Å². The normalized spacial score (nSPS) is 15.1. The summed E-state index contributed by atoms with van der Waals surface area (Å²) in [5, 5.41) is 4.09. The number of nitrogens with zero attached hydrogens (tertiary/aromatic N) is 3. The molecule has 2 amide bonds. The van der Waals surface area contributed by atoms with Crippen LogP contribution in [-0.2, 0) is 17.8 Å². The maximum Gasteiger partial charge on any atom is 0.251 e. The van der Waals surface area contributed by atoms with Crippen molar-refractivity contribution in [3.8, 4) is 0 Å². The zero-order valence-corrected chi connectivity index (χ0v) is 20.3. The molecule has 0 spiro atoms. The van der Waals surface area contributed by atoms with Gasteiger partial charge >= 0.3 is 0 Å². The van der Waals surface area contributed by atoms with Crippen molar-refractivity contribution < 1.29 is 9.59 Å². The predicted molar refractivity (Wildman–Crippen MR) is 139 cm³/mol. The first-order valence-corrected chi connectivity index (χ1v) is 12.7. The van der Waals surface area contributed by atoms with Gasteiger partial charge in [-0.3, -0.25) is 14.5 Å². The molecule has 0 aliphatic carbocycles. The van der Waals surface area contributed by atoms with E-state index in [0.29, 0.717) is 25.1 Å². The lowest BCUT2D eigenvalue weighted by atomic mass is 10.0. The third-order valence-electron chi connectivity index (χ3n) is 6.30. The highest BCUT2D eigenvalue weighted by Crippen LogP contribution is 2.23. The van der Waals surface area contributed by atoms with E-state index in [9.17, 15) is 9.59 Å². The number of carbonyl (C=O) groups is 2. The van der Waals surface area contributed by atoms with E-state index in [-0.39, 0.29) is 11.8 Å². The minimum absolute atomic E-state index is 0.0298. The van der Waals surface area contributed by atoms with Crippen molar-refractivity contribution in [1.82, 2.24) is 20.1 Å². The average Bonchev–Trinajstić information content (AvgIpc) is 3.32. The van der Waals surface area contributed by atoms with E-state index in [1.54, 1.807) is 23.5 Å². The molecule has 7 heteroatoms. The van der Waals surface area contributed by atoms with Gasteiger partial charge in [0.1, 0.15) is 11.0 Å². The van der Waals surface area contributed by atoms with Gasteiger partial charge in [-0.05, 0) is 29.8 Å². The van der Waals surface area contributed by atoms with Crippen LogP contribution >= 0.6 is 11.3 Å². The first-order chi connectivity index (χ1) is 17.2. The molecule has 1 N–H and O–H groups in total. The zero-order chi connectivity index (χ0) is 24.0. The number of benzene rings is 3. The molecular formula is C28H28N4O2S. The van der Waals surface area contributed by atoms with E-state index in [2.05, 4.69) is 16.3 Å². The van der Waals surface area contributed by atoms with E-state index in [1.807, 2.05) is 71.6 Å². The third-order valence-corrected chi connectivity index (χ3v) is 7.32. The molecule has 1 atom stereocenters. The number of fused-ring (bicyclic) bond motifs is 1. The Morgan fingerprint density at radius 3 is 2.23 bits per heavy atom. The number of hydrogen-bond donors (Lipinski definition) is 1. The maximum absolute atomic E-state index is 13.5. The van der Waals surface area contributed by atoms with Crippen molar-refractivity contribution >= 4 is 33.4 Å². The minimum Gasteiger partial charge on any atom is -0.340 e. The Balaban J connectivity index is 1.23.